The predicted molar refractivity (Wildman–Crippen MR) is 163 cm³/mol. The molecule has 42 heavy (non-hydrogen) atoms. The van der Waals surface area contributed by atoms with Gasteiger partial charge in [-0.3, -0.25) is 9.59 Å². The van der Waals surface area contributed by atoms with Gasteiger partial charge in [-0.2, -0.15) is 19.6 Å². The molecule has 0 radical (unpaired) electrons. The van der Waals surface area contributed by atoms with Crippen molar-refractivity contribution in [1.29, 1.82) is 0 Å². The van der Waals surface area contributed by atoms with Crippen LogP contribution in [0.5, 0.6) is 6.01 Å². The molecule has 2 aromatic heterocycles. The Morgan fingerprint density at radius 2 is 1.88 bits per heavy atom. The molecule has 5 rings (SSSR count). The minimum atomic E-state index is -0.162. The summed E-state index contributed by atoms with van der Waals surface area (Å²) >= 11 is 0. The number of piperidine rings is 1. The molecule has 3 aromatic rings. The average molecular weight is 575 g/mol. The number of anilines is 2. The molecular formula is C31H42N8O3. The van der Waals surface area contributed by atoms with Crippen LogP contribution in [0.1, 0.15) is 69.4 Å². The number of amides is 2. The van der Waals surface area contributed by atoms with Crippen molar-refractivity contribution in [2.45, 2.75) is 77.0 Å². The van der Waals surface area contributed by atoms with Crippen molar-refractivity contribution in [1.82, 2.24) is 29.8 Å². The van der Waals surface area contributed by atoms with E-state index in [9.17, 15) is 9.59 Å². The highest BCUT2D eigenvalue weighted by molar-refractivity contribution is 5.92. The number of benzene rings is 1. The van der Waals surface area contributed by atoms with Crippen molar-refractivity contribution in [2.75, 3.05) is 30.8 Å². The van der Waals surface area contributed by atoms with Crippen LogP contribution in [0.2, 0.25) is 0 Å². The lowest BCUT2D eigenvalue weighted by Gasteiger charge is -2.28. The summed E-state index contributed by atoms with van der Waals surface area (Å²) in [5.74, 6) is 0.590. The molecule has 3 N–H and O–H groups in total. The first-order valence-corrected chi connectivity index (χ1v) is 15.0. The maximum Gasteiger partial charge on any atom is 0.322 e. The summed E-state index contributed by atoms with van der Waals surface area (Å²) in [6.45, 7) is 10.2. The zero-order valence-corrected chi connectivity index (χ0v) is 24.8. The number of aromatic nitrogens is 4. The lowest BCUT2D eigenvalue weighted by Crippen LogP contribution is -2.38. The monoisotopic (exact) mass is 574 g/mol. The van der Waals surface area contributed by atoms with Crippen LogP contribution in [0.15, 0.2) is 43.1 Å². The highest BCUT2D eigenvalue weighted by atomic mass is 16.5. The molecule has 1 aromatic carbocycles. The van der Waals surface area contributed by atoms with Crippen molar-refractivity contribution >= 4 is 29.1 Å². The summed E-state index contributed by atoms with van der Waals surface area (Å²) in [5.41, 5.74) is 3.52. The zero-order valence-electron chi connectivity index (χ0n) is 24.8. The zero-order chi connectivity index (χ0) is 29.6. The second-order valence-electron chi connectivity index (χ2n) is 11.7. The third-order valence-corrected chi connectivity index (χ3v) is 8.21. The van der Waals surface area contributed by atoms with Crippen LogP contribution in [0, 0.1) is 5.92 Å². The molecule has 11 nitrogen and oxygen atoms in total. The van der Waals surface area contributed by atoms with Gasteiger partial charge in [0.05, 0.1) is 6.20 Å². The largest absolute Gasteiger partial charge is 0.460 e. The number of likely N-dealkylation sites (tertiary alicyclic amines) is 1. The first-order chi connectivity index (χ1) is 20.3. The van der Waals surface area contributed by atoms with Gasteiger partial charge in [0.25, 0.3) is 0 Å². The van der Waals surface area contributed by atoms with Crippen LogP contribution in [-0.2, 0) is 16.1 Å². The third-order valence-electron chi connectivity index (χ3n) is 8.21. The molecule has 1 saturated carbocycles. The molecule has 224 valence electrons. The Morgan fingerprint density at radius 1 is 1.12 bits per heavy atom. The number of rotatable bonds is 10. The van der Waals surface area contributed by atoms with E-state index < -0.39 is 0 Å². The number of carbonyl (C=O) groups is 2. The van der Waals surface area contributed by atoms with Crippen LogP contribution in [0.25, 0.3) is 5.65 Å². The smallest absolute Gasteiger partial charge is 0.322 e. The van der Waals surface area contributed by atoms with Crippen molar-refractivity contribution in [2.24, 2.45) is 5.92 Å². The number of nitrogens with one attached hydrogen (secondary N) is 3. The van der Waals surface area contributed by atoms with Crippen molar-refractivity contribution in [3.8, 4) is 6.01 Å². The van der Waals surface area contributed by atoms with Crippen LogP contribution >= 0.6 is 0 Å². The van der Waals surface area contributed by atoms with E-state index >= 15 is 0 Å². The Morgan fingerprint density at radius 3 is 2.60 bits per heavy atom. The summed E-state index contributed by atoms with van der Waals surface area (Å²) < 4.78 is 7.99. The van der Waals surface area contributed by atoms with Gasteiger partial charge in [-0.1, -0.05) is 32.6 Å². The van der Waals surface area contributed by atoms with Gasteiger partial charge in [0.2, 0.25) is 17.8 Å². The molecule has 1 aliphatic heterocycles. The van der Waals surface area contributed by atoms with Gasteiger partial charge in [-0.15, -0.1) is 0 Å². The Bertz CT molecular complexity index is 1400. The molecule has 1 saturated heterocycles. The normalized spacial score (nSPS) is 19.9. The molecule has 2 amide bonds. The van der Waals surface area contributed by atoms with Gasteiger partial charge in [-0.05, 0) is 75.3 Å². The summed E-state index contributed by atoms with van der Waals surface area (Å²) in [6.07, 6.45) is 8.14. The quantitative estimate of drug-likeness (QED) is 0.309. The van der Waals surface area contributed by atoms with Crippen LogP contribution in [0.4, 0.5) is 11.6 Å². The van der Waals surface area contributed by atoms with Crippen molar-refractivity contribution in [3.05, 3.63) is 54.2 Å². The van der Waals surface area contributed by atoms with Gasteiger partial charge in [0.1, 0.15) is 6.10 Å². The minimum absolute atomic E-state index is 0.0135. The molecular weight excluding hydrogens is 532 g/mol. The molecule has 3 heterocycles. The Hall–Kier alpha value is -3.99. The van der Waals surface area contributed by atoms with E-state index in [0.717, 1.165) is 74.1 Å². The summed E-state index contributed by atoms with van der Waals surface area (Å²) in [4.78, 5) is 36.3. The van der Waals surface area contributed by atoms with Gasteiger partial charge < -0.3 is 25.6 Å². The number of hydrogen-bond acceptors (Lipinski definition) is 8. The summed E-state index contributed by atoms with van der Waals surface area (Å²) in [6, 6.07) is 8.27. The molecule has 0 bridgehead atoms. The third kappa shape index (κ3) is 7.25. The highest BCUT2D eigenvalue weighted by Crippen LogP contribution is 2.27. The van der Waals surface area contributed by atoms with Gasteiger partial charge in [-0.25, -0.2) is 0 Å². The first kappa shape index (κ1) is 29.5. The number of ether oxygens (including phenoxy) is 1. The highest BCUT2D eigenvalue weighted by Gasteiger charge is 2.27. The van der Waals surface area contributed by atoms with E-state index in [4.69, 9.17) is 14.7 Å². The van der Waals surface area contributed by atoms with E-state index in [2.05, 4.69) is 53.4 Å². The molecule has 1 aliphatic carbocycles. The fraction of sp³-hybridized carbons (Fsp3) is 0.516. The van der Waals surface area contributed by atoms with Crippen LogP contribution < -0.4 is 20.7 Å². The summed E-state index contributed by atoms with van der Waals surface area (Å²) in [5, 5.41) is 14.0. The van der Waals surface area contributed by atoms with E-state index in [1.165, 1.54) is 6.08 Å². The van der Waals surface area contributed by atoms with Crippen LogP contribution in [0.3, 0.4) is 0 Å². The van der Waals surface area contributed by atoms with Gasteiger partial charge in [0.15, 0.2) is 5.65 Å². The number of fused-ring (bicyclic) bond motifs is 1. The lowest BCUT2D eigenvalue weighted by molar-refractivity contribution is -0.121. The fourth-order valence-corrected chi connectivity index (χ4v) is 5.65. The Labute approximate surface area is 247 Å². The number of hydrogen-bond donors (Lipinski definition) is 3. The SMILES string of the molecule is C=CC(=O)NC1CCC(C(=O)Nc2cccc(CNc3nc(OC4CCN(C)CC4)nc4c(C(C)C)cnn34)c2)CC1. The second kappa shape index (κ2) is 13.3. The Kier molecular flexibility index (Phi) is 9.36. The maximum atomic E-state index is 13.0. The van der Waals surface area contributed by atoms with Gasteiger partial charge in [0, 0.05) is 42.8 Å². The molecule has 11 heteroatoms. The fourth-order valence-electron chi connectivity index (χ4n) is 5.65. The molecule has 0 atom stereocenters. The van der Waals surface area contributed by atoms with E-state index in [-0.39, 0.29) is 35.8 Å². The summed E-state index contributed by atoms with van der Waals surface area (Å²) in [7, 11) is 2.13. The number of carbonyl (C=O) groups excluding carboxylic acids is 2. The second-order valence-corrected chi connectivity index (χ2v) is 11.7. The maximum absolute atomic E-state index is 13.0. The van der Waals surface area contributed by atoms with Crippen LogP contribution in [-0.4, -0.2) is 68.6 Å². The van der Waals surface area contributed by atoms with E-state index in [1.54, 1.807) is 4.52 Å². The minimum Gasteiger partial charge on any atom is -0.460 e. The molecule has 2 fully saturated rings. The van der Waals surface area contributed by atoms with E-state index in [1.807, 2.05) is 30.5 Å². The molecule has 0 unspecified atom stereocenters. The predicted octanol–water partition coefficient (Wildman–Crippen LogP) is 4.13. The molecule has 2 aliphatic rings. The van der Waals surface area contributed by atoms with Crippen molar-refractivity contribution in [3.63, 3.8) is 0 Å². The number of nitrogens with zero attached hydrogens (tertiary/aromatic N) is 5. The van der Waals surface area contributed by atoms with Gasteiger partial charge >= 0.3 is 6.01 Å². The standard InChI is InChI=1S/C31H42N8O3/c1-5-27(40)34-23-11-9-22(10-12-23)29(41)35-24-8-6-7-21(17-24)18-32-30-37-31(42-25-13-15-38(4)16-14-25)36-28-26(20(2)3)19-33-39(28)30/h5-8,17,19-20,22-23,25H,1,9-16,18H2,2-4H3,(H,34,40)(H,35,41)(H,32,36,37). The lowest BCUT2D eigenvalue weighted by atomic mass is 9.85. The molecule has 0 spiro atoms. The topological polar surface area (TPSA) is 126 Å². The first-order valence-electron chi connectivity index (χ1n) is 15.0. The van der Waals surface area contributed by atoms with E-state index in [0.29, 0.717) is 18.5 Å². The average Bonchev–Trinajstić information content (AvgIpc) is 3.42. The van der Waals surface area contributed by atoms with Crippen molar-refractivity contribution < 1.29 is 14.3 Å². The Balaban J connectivity index is 1.24.